The summed E-state index contributed by atoms with van der Waals surface area (Å²) in [6.45, 7) is 1.12. The Kier molecular flexibility index (Phi) is 3.39. The number of halogens is 2. The van der Waals surface area contributed by atoms with Crippen LogP contribution in [0.5, 0.6) is 5.75 Å². The van der Waals surface area contributed by atoms with Crippen LogP contribution in [-0.4, -0.2) is 26.4 Å². The Morgan fingerprint density at radius 2 is 2.25 bits per heavy atom. The molecule has 88 valence electrons. The number of hydrogen-bond acceptors (Lipinski definition) is 2. The monoisotopic (exact) mass is 227 g/mol. The first-order chi connectivity index (χ1) is 7.72. The molecule has 1 N–H and O–H groups in total. The molecule has 0 aliphatic carbocycles. The number of alkyl halides is 1. The largest absolute Gasteiger partial charge is 0.494 e. The van der Waals surface area contributed by atoms with Gasteiger partial charge in [-0.15, -0.1) is 0 Å². The fraction of sp³-hybridized carbons (Fsp3) is 0.500. The molecule has 2 nitrogen and oxygen atoms in total. The zero-order chi connectivity index (χ0) is 11.5. The summed E-state index contributed by atoms with van der Waals surface area (Å²) in [5.41, 5.74) is 0.715. The Labute approximate surface area is 93.6 Å². The molecular formula is C12H15F2NO. The van der Waals surface area contributed by atoms with Gasteiger partial charge in [0.15, 0.2) is 11.6 Å². The first-order valence-corrected chi connectivity index (χ1v) is 5.40. The van der Waals surface area contributed by atoms with Crippen LogP contribution in [0.25, 0.3) is 0 Å². The Morgan fingerprint density at radius 1 is 1.44 bits per heavy atom. The zero-order valence-corrected chi connectivity index (χ0v) is 9.17. The molecule has 0 bridgehead atoms. The molecule has 2 rings (SSSR count). The van der Waals surface area contributed by atoms with Gasteiger partial charge in [0, 0.05) is 12.5 Å². The molecule has 1 aliphatic heterocycles. The van der Waals surface area contributed by atoms with Gasteiger partial charge in [0.05, 0.1) is 7.11 Å². The van der Waals surface area contributed by atoms with E-state index in [4.69, 9.17) is 4.74 Å². The van der Waals surface area contributed by atoms with Crippen LogP contribution in [0.4, 0.5) is 8.78 Å². The van der Waals surface area contributed by atoms with Gasteiger partial charge in [-0.05, 0) is 30.7 Å². The van der Waals surface area contributed by atoms with Crippen molar-refractivity contribution in [1.29, 1.82) is 0 Å². The van der Waals surface area contributed by atoms with E-state index in [9.17, 15) is 8.78 Å². The lowest BCUT2D eigenvalue weighted by Crippen LogP contribution is -2.36. The molecule has 0 aromatic heterocycles. The number of ether oxygens (including phenoxy) is 1. The lowest BCUT2D eigenvalue weighted by molar-refractivity contribution is 0.231. The van der Waals surface area contributed by atoms with Crippen LogP contribution < -0.4 is 10.1 Å². The average Bonchev–Trinajstić information content (AvgIpc) is 2.29. The minimum Gasteiger partial charge on any atom is -0.494 e. The van der Waals surface area contributed by atoms with Crippen molar-refractivity contribution in [2.24, 2.45) is 0 Å². The van der Waals surface area contributed by atoms with Crippen LogP contribution in [0.2, 0.25) is 0 Å². The molecule has 1 aliphatic rings. The fourth-order valence-electron chi connectivity index (χ4n) is 2.11. The van der Waals surface area contributed by atoms with Crippen molar-refractivity contribution in [3.8, 4) is 5.75 Å². The van der Waals surface area contributed by atoms with Gasteiger partial charge in [-0.2, -0.15) is 0 Å². The Bertz CT molecular complexity index is 370. The molecule has 1 fully saturated rings. The molecule has 0 unspecified atom stereocenters. The van der Waals surface area contributed by atoms with E-state index in [1.54, 1.807) is 12.1 Å². The van der Waals surface area contributed by atoms with Gasteiger partial charge in [-0.25, -0.2) is 8.78 Å². The van der Waals surface area contributed by atoms with E-state index in [2.05, 4.69) is 5.32 Å². The predicted octanol–water partition coefficient (Wildman–Crippen LogP) is 2.25. The second-order valence-corrected chi connectivity index (χ2v) is 4.01. The van der Waals surface area contributed by atoms with Gasteiger partial charge in [0.25, 0.3) is 0 Å². The van der Waals surface area contributed by atoms with Crippen LogP contribution >= 0.6 is 0 Å². The minimum atomic E-state index is -0.943. The van der Waals surface area contributed by atoms with Gasteiger partial charge in [0.2, 0.25) is 0 Å². The first-order valence-electron chi connectivity index (χ1n) is 5.40. The predicted molar refractivity (Wildman–Crippen MR) is 58.1 cm³/mol. The van der Waals surface area contributed by atoms with E-state index in [0.717, 1.165) is 6.54 Å². The molecule has 1 aromatic carbocycles. The smallest absolute Gasteiger partial charge is 0.165 e. The highest BCUT2D eigenvalue weighted by Crippen LogP contribution is 2.30. The zero-order valence-electron chi connectivity index (χ0n) is 9.17. The van der Waals surface area contributed by atoms with Crippen molar-refractivity contribution in [2.75, 3.05) is 20.2 Å². The Hall–Kier alpha value is -1.16. The van der Waals surface area contributed by atoms with Crippen molar-refractivity contribution >= 4 is 0 Å². The number of benzene rings is 1. The van der Waals surface area contributed by atoms with Gasteiger partial charge in [-0.3, -0.25) is 0 Å². The SMILES string of the molecule is COc1ccc([C@@H]2CCNC[C@H]2F)cc1F. The van der Waals surface area contributed by atoms with Crippen molar-refractivity contribution in [3.05, 3.63) is 29.6 Å². The summed E-state index contributed by atoms with van der Waals surface area (Å²) in [6, 6.07) is 4.67. The quantitative estimate of drug-likeness (QED) is 0.836. The third-order valence-electron chi connectivity index (χ3n) is 3.01. The molecule has 0 spiro atoms. The van der Waals surface area contributed by atoms with E-state index < -0.39 is 12.0 Å². The molecule has 4 heteroatoms. The molecule has 1 heterocycles. The fourth-order valence-corrected chi connectivity index (χ4v) is 2.11. The molecule has 16 heavy (non-hydrogen) atoms. The van der Waals surface area contributed by atoms with Gasteiger partial charge < -0.3 is 10.1 Å². The van der Waals surface area contributed by atoms with E-state index in [-0.39, 0.29) is 11.7 Å². The highest BCUT2D eigenvalue weighted by Gasteiger charge is 2.26. The number of methoxy groups -OCH3 is 1. The van der Waals surface area contributed by atoms with E-state index in [1.165, 1.54) is 13.2 Å². The number of rotatable bonds is 2. The second kappa shape index (κ2) is 4.78. The number of hydrogen-bond donors (Lipinski definition) is 1. The number of piperidine rings is 1. The molecule has 2 atom stereocenters. The summed E-state index contributed by atoms with van der Waals surface area (Å²) in [7, 11) is 1.42. The molecule has 1 saturated heterocycles. The van der Waals surface area contributed by atoms with Crippen LogP contribution in [0.1, 0.15) is 17.9 Å². The van der Waals surface area contributed by atoms with Crippen LogP contribution in [-0.2, 0) is 0 Å². The Morgan fingerprint density at radius 3 is 2.88 bits per heavy atom. The van der Waals surface area contributed by atoms with Crippen LogP contribution in [0.3, 0.4) is 0 Å². The van der Waals surface area contributed by atoms with Crippen molar-refractivity contribution in [3.63, 3.8) is 0 Å². The van der Waals surface area contributed by atoms with Gasteiger partial charge >= 0.3 is 0 Å². The van der Waals surface area contributed by atoms with E-state index >= 15 is 0 Å². The standard InChI is InChI=1S/C12H15F2NO/c1-16-12-3-2-8(6-10(12)13)9-4-5-15-7-11(9)14/h2-3,6,9,11,15H,4-5,7H2,1H3/t9-,11+/m0/s1. The maximum Gasteiger partial charge on any atom is 0.165 e. The topological polar surface area (TPSA) is 21.3 Å². The van der Waals surface area contributed by atoms with E-state index in [1.807, 2.05) is 0 Å². The molecule has 1 aromatic rings. The normalized spacial score (nSPS) is 25.4. The van der Waals surface area contributed by atoms with Crippen LogP contribution in [0.15, 0.2) is 18.2 Å². The van der Waals surface area contributed by atoms with E-state index in [0.29, 0.717) is 18.5 Å². The van der Waals surface area contributed by atoms with Gasteiger partial charge in [0.1, 0.15) is 6.17 Å². The third-order valence-corrected chi connectivity index (χ3v) is 3.01. The summed E-state index contributed by atoms with van der Waals surface area (Å²) in [5.74, 6) is -0.430. The summed E-state index contributed by atoms with van der Waals surface area (Å²) in [4.78, 5) is 0. The highest BCUT2D eigenvalue weighted by atomic mass is 19.1. The van der Waals surface area contributed by atoms with Crippen molar-refractivity contribution in [1.82, 2.24) is 5.32 Å². The summed E-state index contributed by atoms with van der Waals surface area (Å²) in [6.07, 6.45) is -0.242. The highest BCUT2D eigenvalue weighted by molar-refractivity contribution is 5.32. The lowest BCUT2D eigenvalue weighted by Gasteiger charge is -2.27. The molecule has 0 radical (unpaired) electrons. The lowest BCUT2D eigenvalue weighted by atomic mass is 9.88. The second-order valence-electron chi connectivity index (χ2n) is 4.01. The van der Waals surface area contributed by atoms with Gasteiger partial charge in [-0.1, -0.05) is 6.07 Å². The van der Waals surface area contributed by atoms with Crippen molar-refractivity contribution in [2.45, 2.75) is 18.5 Å². The Balaban J connectivity index is 2.22. The summed E-state index contributed by atoms with van der Waals surface area (Å²) < 4.78 is 31.9. The first kappa shape index (κ1) is 11.3. The third kappa shape index (κ3) is 2.16. The van der Waals surface area contributed by atoms with Crippen molar-refractivity contribution < 1.29 is 13.5 Å². The molecular weight excluding hydrogens is 212 g/mol. The minimum absolute atomic E-state index is 0.202. The van der Waals surface area contributed by atoms with Crippen LogP contribution in [0, 0.1) is 5.82 Å². The molecule has 0 saturated carbocycles. The number of nitrogens with one attached hydrogen (secondary N) is 1. The summed E-state index contributed by atoms with van der Waals surface area (Å²) >= 11 is 0. The average molecular weight is 227 g/mol. The molecule has 0 amide bonds. The summed E-state index contributed by atoms with van der Waals surface area (Å²) in [5, 5.41) is 2.98. The maximum absolute atomic E-state index is 13.6. The maximum atomic E-state index is 13.6.